The minimum Gasteiger partial charge on any atom is -0.494 e. The van der Waals surface area contributed by atoms with Crippen LogP contribution in [0, 0.1) is 12.3 Å². The van der Waals surface area contributed by atoms with Gasteiger partial charge in [-0.3, -0.25) is 9.78 Å². The monoisotopic (exact) mass is 464 g/mol. The largest absolute Gasteiger partial charge is 0.494 e. The Bertz CT molecular complexity index is 1170. The van der Waals surface area contributed by atoms with Crippen LogP contribution < -0.4 is 20.3 Å². The number of aryl methyl sites for hydroxylation is 1. The van der Waals surface area contributed by atoms with Crippen molar-refractivity contribution in [2.75, 3.05) is 17.3 Å². The van der Waals surface area contributed by atoms with Crippen LogP contribution in [0.4, 0.5) is 11.4 Å². The van der Waals surface area contributed by atoms with E-state index in [0.29, 0.717) is 16.5 Å². The highest BCUT2D eigenvalue weighted by Crippen LogP contribution is 2.43. The molecule has 8 heteroatoms. The first-order valence-corrected chi connectivity index (χ1v) is 11.2. The van der Waals surface area contributed by atoms with Crippen molar-refractivity contribution in [1.29, 1.82) is 0 Å². The van der Waals surface area contributed by atoms with Gasteiger partial charge >= 0.3 is 0 Å². The van der Waals surface area contributed by atoms with Crippen LogP contribution in [-0.2, 0) is 4.79 Å². The van der Waals surface area contributed by atoms with Gasteiger partial charge in [-0.25, -0.2) is 0 Å². The molecule has 1 aliphatic heterocycles. The summed E-state index contributed by atoms with van der Waals surface area (Å²) in [7, 11) is 1.58. The maximum Gasteiger partial charge on any atom is 0.229 e. The molecule has 2 unspecified atom stereocenters. The zero-order valence-corrected chi connectivity index (χ0v) is 20.2. The third-order valence-corrected chi connectivity index (χ3v) is 5.86. The number of thiocarbonyl (C=S) groups is 1. The van der Waals surface area contributed by atoms with Crippen molar-refractivity contribution in [1.82, 2.24) is 10.3 Å². The summed E-state index contributed by atoms with van der Waals surface area (Å²) in [4.78, 5) is 19.1. The number of nitrogens with one attached hydrogen (secondary N) is 2. The Balaban J connectivity index is 1.74. The number of hydrogen-bond acceptors (Lipinski definition) is 5. The number of nitrogens with zero attached hydrogens (tertiary/aromatic N) is 2. The molecule has 0 spiro atoms. The highest BCUT2D eigenvalue weighted by molar-refractivity contribution is 7.80. The average molecular weight is 465 g/mol. The number of rotatable bonds is 5. The molecular weight excluding hydrogens is 436 g/mol. The lowest BCUT2D eigenvalue weighted by atomic mass is 9.95. The summed E-state index contributed by atoms with van der Waals surface area (Å²) >= 11 is 5.75. The van der Waals surface area contributed by atoms with Gasteiger partial charge in [0.1, 0.15) is 23.3 Å². The molecule has 4 rings (SSSR count). The highest BCUT2D eigenvalue weighted by Gasteiger charge is 2.42. The first-order chi connectivity index (χ1) is 15.7. The third kappa shape index (κ3) is 4.57. The molecule has 172 valence electrons. The summed E-state index contributed by atoms with van der Waals surface area (Å²) in [5.41, 5.74) is 1.76. The number of amides is 1. The highest BCUT2D eigenvalue weighted by atomic mass is 32.1. The van der Waals surface area contributed by atoms with E-state index in [2.05, 4.69) is 15.6 Å². The summed E-state index contributed by atoms with van der Waals surface area (Å²) in [6, 6.07) is 14.9. The maximum atomic E-state index is 12.5. The van der Waals surface area contributed by atoms with Gasteiger partial charge in [0.25, 0.3) is 0 Å². The number of carbonyl (C=O) groups excluding carboxylic acids is 1. The van der Waals surface area contributed by atoms with Gasteiger partial charge in [-0.1, -0.05) is 26.8 Å². The Labute approximate surface area is 199 Å². The molecule has 0 radical (unpaired) electrons. The van der Waals surface area contributed by atoms with Crippen LogP contribution in [0.15, 0.2) is 59.1 Å². The quantitative estimate of drug-likeness (QED) is 0.505. The molecule has 1 saturated heterocycles. The van der Waals surface area contributed by atoms with Crippen molar-refractivity contribution in [2.45, 2.75) is 39.8 Å². The Kier molecular flexibility index (Phi) is 6.12. The van der Waals surface area contributed by atoms with Gasteiger partial charge in [-0.15, -0.1) is 0 Å². The second-order valence-electron chi connectivity index (χ2n) is 9.03. The van der Waals surface area contributed by atoms with Crippen molar-refractivity contribution < 1.29 is 13.9 Å². The van der Waals surface area contributed by atoms with Crippen LogP contribution in [0.3, 0.4) is 0 Å². The van der Waals surface area contributed by atoms with Crippen molar-refractivity contribution in [2.24, 2.45) is 5.41 Å². The van der Waals surface area contributed by atoms with Gasteiger partial charge in [0.2, 0.25) is 5.91 Å². The summed E-state index contributed by atoms with van der Waals surface area (Å²) < 4.78 is 11.6. The van der Waals surface area contributed by atoms with E-state index < -0.39 is 5.41 Å². The summed E-state index contributed by atoms with van der Waals surface area (Å²) in [5.74, 6) is 2.05. The van der Waals surface area contributed by atoms with Crippen LogP contribution in [0.2, 0.25) is 0 Å². The minimum absolute atomic E-state index is 0.0916. The van der Waals surface area contributed by atoms with Gasteiger partial charge in [0.15, 0.2) is 5.11 Å². The van der Waals surface area contributed by atoms with E-state index in [1.165, 1.54) is 0 Å². The van der Waals surface area contributed by atoms with Gasteiger partial charge < -0.3 is 24.7 Å². The molecule has 33 heavy (non-hydrogen) atoms. The fourth-order valence-corrected chi connectivity index (χ4v) is 4.12. The van der Waals surface area contributed by atoms with Crippen LogP contribution in [0.1, 0.15) is 50.1 Å². The topological polar surface area (TPSA) is 79.6 Å². The summed E-state index contributed by atoms with van der Waals surface area (Å²) in [5, 5.41) is 6.91. The SMILES string of the molecule is COc1cc(N2C(=S)NC(c3ccccn3)C2c2ccc(C)o2)ccc1NC(=O)C(C)(C)C. The molecule has 0 bridgehead atoms. The Morgan fingerprint density at radius 2 is 2.00 bits per heavy atom. The molecule has 0 saturated carbocycles. The van der Waals surface area contributed by atoms with Gasteiger partial charge in [-0.05, 0) is 55.5 Å². The number of anilines is 2. The lowest BCUT2D eigenvalue weighted by Gasteiger charge is -2.27. The van der Waals surface area contributed by atoms with E-state index in [9.17, 15) is 4.79 Å². The molecule has 1 aromatic carbocycles. The standard InChI is InChI=1S/C25H28N4O3S/c1-15-9-12-19(32-15)22-21(18-8-6-7-13-26-18)28-24(33)29(22)16-10-11-17(20(14-16)31-5)27-23(30)25(2,3)4/h6-14,21-22H,1-5H3,(H,27,30)(H,28,33). The number of furan rings is 1. The molecule has 1 aliphatic rings. The predicted octanol–water partition coefficient (Wildman–Crippen LogP) is 5.15. The van der Waals surface area contributed by atoms with E-state index in [-0.39, 0.29) is 18.0 Å². The van der Waals surface area contributed by atoms with E-state index in [4.69, 9.17) is 21.4 Å². The van der Waals surface area contributed by atoms with Crippen molar-refractivity contribution in [3.63, 3.8) is 0 Å². The molecule has 0 aliphatic carbocycles. The van der Waals surface area contributed by atoms with Crippen LogP contribution in [-0.4, -0.2) is 23.1 Å². The molecule has 2 aromatic heterocycles. The fourth-order valence-electron chi connectivity index (χ4n) is 3.78. The molecule has 2 N–H and O–H groups in total. The number of ether oxygens (including phenoxy) is 1. The Morgan fingerprint density at radius 3 is 2.61 bits per heavy atom. The number of aromatic nitrogens is 1. The van der Waals surface area contributed by atoms with Gasteiger partial charge in [0.05, 0.1) is 24.5 Å². The normalized spacial score (nSPS) is 18.2. The maximum absolute atomic E-state index is 12.5. The second kappa shape index (κ2) is 8.86. The zero-order chi connectivity index (χ0) is 23.8. The van der Waals surface area contributed by atoms with E-state index in [1.54, 1.807) is 13.3 Å². The number of benzene rings is 1. The summed E-state index contributed by atoms with van der Waals surface area (Å²) in [6.07, 6.45) is 1.77. The Hall–Kier alpha value is -3.39. The molecule has 7 nitrogen and oxygen atoms in total. The smallest absolute Gasteiger partial charge is 0.229 e. The summed E-state index contributed by atoms with van der Waals surface area (Å²) in [6.45, 7) is 7.52. The van der Waals surface area contributed by atoms with E-state index in [1.807, 2.05) is 81.1 Å². The van der Waals surface area contributed by atoms with Crippen LogP contribution in [0.5, 0.6) is 5.75 Å². The molecule has 3 aromatic rings. The van der Waals surface area contributed by atoms with Crippen molar-refractivity contribution >= 4 is 34.6 Å². The predicted molar refractivity (Wildman–Crippen MR) is 132 cm³/mol. The van der Waals surface area contributed by atoms with Gasteiger partial charge in [0, 0.05) is 23.4 Å². The van der Waals surface area contributed by atoms with Crippen molar-refractivity contribution in [3.05, 3.63) is 71.9 Å². The molecule has 2 atom stereocenters. The van der Waals surface area contributed by atoms with Gasteiger partial charge in [-0.2, -0.15) is 0 Å². The Morgan fingerprint density at radius 1 is 1.21 bits per heavy atom. The fraction of sp³-hybridized carbons (Fsp3) is 0.320. The molecule has 1 fully saturated rings. The average Bonchev–Trinajstić information content (AvgIpc) is 3.36. The molecule has 3 heterocycles. The molecule has 1 amide bonds. The lowest BCUT2D eigenvalue weighted by molar-refractivity contribution is -0.123. The van der Waals surface area contributed by atoms with E-state index in [0.717, 1.165) is 22.9 Å². The minimum atomic E-state index is -0.526. The van der Waals surface area contributed by atoms with Crippen LogP contribution >= 0.6 is 12.2 Å². The van der Waals surface area contributed by atoms with Crippen molar-refractivity contribution in [3.8, 4) is 5.75 Å². The number of carbonyl (C=O) groups is 1. The third-order valence-electron chi connectivity index (χ3n) is 5.54. The lowest BCUT2D eigenvalue weighted by Crippen LogP contribution is -2.30. The zero-order valence-electron chi connectivity index (χ0n) is 19.4. The number of pyridine rings is 1. The number of hydrogen-bond donors (Lipinski definition) is 2. The molecular formula is C25H28N4O3S. The van der Waals surface area contributed by atoms with Crippen LogP contribution in [0.25, 0.3) is 0 Å². The number of methoxy groups -OCH3 is 1. The first kappa shape index (κ1) is 22.8. The second-order valence-corrected chi connectivity index (χ2v) is 9.42. The first-order valence-electron chi connectivity index (χ1n) is 10.8. The van der Waals surface area contributed by atoms with E-state index >= 15 is 0 Å².